The van der Waals surface area contributed by atoms with Crippen molar-refractivity contribution in [2.75, 3.05) is 5.73 Å². The van der Waals surface area contributed by atoms with Crippen LogP contribution in [0, 0.1) is 5.82 Å². The Morgan fingerprint density at radius 1 is 1.45 bits per heavy atom. The molecule has 1 rings (SSSR count). The molecule has 0 unspecified atom stereocenters. The minimum Gasteiger partial charge on any atom is -0.399 e. The van der Waals surface area contributed by atoms with Gasteiger partial charge in [-0.25, -0.2) is 4.39 Å². The van der Waals surface area contributed by atoms with Gasteiger partial charge in [0, 0.05) is 11.3 Å². The summed E-state index contributed by atoms with van der Waals surface area (Å²) in [5.41, 5.74) is 11.1. The first-order valence-electron chi connectivity index (χ1n) is 2.96. The van der Waals surface area contributed by atoms with Crippen LogP contribution in [0.3, 0.4) is 0 Å². The van der Waals surface area contributed by atoms with Crippen molar-refractivity contribution in [3.63, 3.8) is 0 Å². The molecule has 0 aliphatic carbocycles. The Labute approximate surface area is 69.0 Å². The van der Waals surface area contributed by atoms with Crippen molar-refractivity contribution in [3.05, 3.63) is 29.6 Å². The number of rotatable bonds is 1. The van der Waals surface area contributed by atoms with Crippen molar-refractivity contribution in [1.29, 1.82) is 0 Å². The third-order valence-corrected chi connectivity index (χ3v) is 1.48. The van der Waals surface area contributed by atoms with Crippen LogP contribution in [-0.2, 0) is 0 Å². The van der Waals surface area contributed by atoms with E-state index >= 15 is 0 Å². The van der Waals surface area contributed by atoms with E-state index < -0.39 is 5.82 Å². The van der Waals surface area contributed by atoms with Gasteiger partial charge >= 0.3 is 0 Å². The van der Waals surface area contributed by atoms with Crippen LogP contribution >= 0.6 is 12.2 Å². The van der Waals surface area contributed by atoms with Crippen LogP contribution in [0.1, 0.15) is 5.56 Å². The second-order valence-electron chi connectivity index (χ2n) is 2.10. The van der Waals surface area contributed by atoms with Crippen LogP contribution in [0.25, 0.3) is 0 Å². The lowest BCUT2D eigenvalue weighted by atomic mass is 10.2. The van der Waals surface area contributed by atoms with E-state index in [0.29, 0.717) is 5.69 Å². The number of thiocarbonyl (C=S) groups is 1. The normalized spacial score (nSPS) is 9.55. The zero-order chi connectivity index (χ0) is 8.43. The smallest absolute Gasteiger partial charge is 0.135 e. The first-order valence-corrected chi connectivity index (χ1v) is 3.37. The maximum absolute atomic E-state index is 12.9. The molecule has 0 fully saturated rings. The molecule has 0 bridgehead atoms. The van der Waals surface area contributed by atoms with Crippen LogP contribution in [0.15, 0.2) is 18.2 Å². The van der Waals surface area contributed by atoms with E-state index in [0.717, 1.165) is 0 Å². The third-order valence-electron chi connectivity index (χ3n) is 1.26. The minimum absolute atomic E-state index is 0.0440. The standard InChI is InChI=1S/C7H7FN2S/c8-6-3-4(9)1-2-5(6)7(10)11/h1-3H,9H2,(H2,10,11). The summed E-state index contributed by atoms with van der Waals surface area (Å²) in [7, 11) is 0. The van der Waals surface area contributed by atoms with E-state index in [9.17, 15) is 4.39 Å². The van der Waals surface area contributed by atoms with Crippen molar-refractivity contribution in [2.24, 2.45) is 5.73 Å². The Kier molecular flexibility index (Phi) is 2.05. The van der Waals surface area contributed by atoms with Crippen molar-refractivity contribution in [2.45, 2.75) is 0 Å². The van der Waals surface area contributed by atoms with Crippen molar-refractivity contribution in [3.8, 4) is 0 Å². The summed E-state index contributed by atoms with van der Waals surface area (Å²) in [6.07, 6.45) is 0. The molecule has 0 atom stereocenters. The lowest BCUT2D eigenvalue weighted by Gasteiger charge is -2.00. The van der Waals surface area contributed by atoms with Crippen LogP contribution in [0.2, 0.25) is 0 Å². The number of halogens is 1. The molecular formula is C7H7FN2S. The molecular weight excluding hydrogens is 163 g/mol. The number of anilines is 1. The summed E-state index contributed by atoms with van der Waals surface area (Å²) >= 11 is 4.59. The van der Waals surface area contributed by atoms with Crippen LogP contribution in [0.5, 0.6) is 0 Å². The maximum atomic E-state index is 12.9. The molecule has 58 valence electrons. The van der Waals surface area contributed by atoms with Crippen LogP contribution in [0.4, 0.5) is 10.1 Å². The fourth-order valence-electron chi connectivity index (χ4n) is 0.731. The van der Waals surface area contributed by atoms with Gasteiger partial charge in [-0.05, 0) is 18.2 Å². The fraction of sp³-hybridized carbons (Fsp3) is 0. The largest absolute Gasteiger partial charge is 0.399 e. The van der Waals surface area contributed by atoms with E-state index in [1.807, 2.05) is 0 Å². The van der Waals surface area contributed by atoms with Gasteiger partial charge in [-0.2, -0.15) is 0 Å². The van der Waals surface area contributed by atoms with Gasteiger partial charge in [0.2, 0.25) is 0 Å². The van der Waals surface area contributed by atoms with Gasteiger partial charge in [-0.3, -0.25) is 0 Å². The van der Waals surface area contributed by atoms with Crippen LogP contribution < -0.4 is 11.5 Å². The molecule has 2 nitrogen and oxygen atoms in total. The van der Waals surface area contributed by atoms with E-state index in [2.05, 4.69) is 12.2 Å². The fourth-order valence-corrected chi connectivity index (χ4v) is 0.897. The van der Waals surface area contributed by atoms with Gasteiger partial charge in [0.1, 0.15) is 10.8 Å². The highest BCUT2D eigenvalue weighted by atomic mass is 32.1. The predicted octanol–water partition coefficient (Wildman–Crippen LogP) is 1.04. The number of hydrogen-bond acceptors (Lipinski definition) is 2. The summed E-state index contributed by atoms with van der Waals surface area (Å²) < 4.78 is 12.9. The summed E-state index contributed by atoms with van der Waals surface area (Å²) in [6.45, 7) is 0. The predicted molar refractivity (Wildman–Crippen MR) is 46.7 cm³/mol. The van der Waals surface area contributed by atoms with Crippen LogP contribution in [-0.4, -0.2) is 4.99 Å². The number of nitrogens with two attached hydrogens (primary N) is 2. The lowest BCUT2D eigenvalue weighted by Crippen LogP contribution is -2.11. The minimum atomic E-state index is -0.475. The molecule has 0 heterocycles. The SMILES string of the molecule is NC(=S)c1ccc(N)cc1F. The van der Waals surface area contributed by atoms with Crippen molar-refractivity contribution >= 4 is 22.9 Å². The first-order chi connectivity index (χ1) is 5.11. The quantitative estimate of drug-likeness (QED) is 0.489. The number of benzene rings is 1. The van der Waals surface area contributed by atoms with Crippen molar-refractivity contribution in [1.82, 2.24) is 0 Å². The molecule has 4 heteroatoms. The van der Waals surface area contributed by atoms with Gasteiger partial charge < -0.3 is 11.5 Å². The van der Waals surface area contributed by atoms with E-state index in [1.165, 1.54) is 12.1 Å². The van der Waals surface area contributed by atoms with Gasteiger partial charge in [0.15, 0.2) is 0 Å². The lowest BCUT2D eigenvalue weighted by molar-refractivity contribution is 0.626. The Morgan fingerprint density at radius 2 is 2.09 bits per heavy atom. The van der Waals surface area contributed by atoms with E-state index in [1.54, 1.807) is 6.07 Å². The monoisotopic (exact) mass is 170 g/mol. The van der Waals surface area contributed by atoms with Crippen molar-refractivity contribution < 1.29 is 4.39 Å². The molecule has 0 spiro atoms. The van der Waals surface area contributed by atoms with Gasteiger partial charge in [0.05, 0.1) is 0 Å². The number of hydrogen-bond donors (Lipinski definition) is 2. The maximum Gasteiger partial charge on any atom is 0.135 e. The van der Waals surface area contributed by atoms with E-state index in [-0.39, 0.29) is 10.6 Å². The Morgan fingerprint density at radius 3 is 2.55 bits per heavy atom. The number of nitrogen functional groups attached to an aromatic ring is 1. The highest BCUT2D eigenvalue weighted by molar-refractivity contribution is 7.80. The Balaban J connectivity index is 3.20. The van der Waals surface area contributed by atoms with Gasteiger partial charge in [-0.15, -0.1) is 0 Å². The molecule has 0 aliphatic heterocycles. The molecule has 1 aromatic carbocycles. The third kappa shape index (κ3) is 1.65. The molecule has 0 saturated heterocycles. The molecule has 11 heavy (non-hydrogen) atoms. The molecule has 1 aromatic rings. The topological polar surface area (TPSA) is 52.0 Å². The molecule has 0 amide bonds. The molecule has 0 radical (unpaired) electrons. The summed E-state index contributed by atoms with van der Waals surface area (Å²) in [6, 6.07) is 4.21. The first kappa shape index (κ1) is 7.94. The summed E-state index contributed by atoms with van der Waals surface area (Å²) in [5, 5.41) is 0. The second-order valence-corrected chi connectivity index (χ2v) is 2.54. The zero-order valence-electron chi connectivity index (χ0n) is 5.67. The molecule has 0 aliphatic rings. The molecule has 0 saturated carbocycles. The van der Waals surface area contributed by atoms with Gasteiger partial charge in [0.25, 0.3) is 0 Å². The zero-order valence-corrected chi connectivity index (χ0v) is 6.49. The highest BCUT2D eigenvalue weighted by Gasteiger charge is 2.03. The summed E-state index contributed by atoms with van der Waals surface area (Å²) in [4.78, 5) is 0.0440. The second kappa shape index (κ2) is 2.84. The highest BCUT2D eigenvalue weighted by Crippen LogP contribution is 2.10. The Bertz CT molecular complexity index is 298. The van der Waals surface area contributed by atoms with Gasteiger partial charge in [-0.1, -0.05) is 12.2 Å². The molecule has 4 N–H and O–H groups in total. The van der Waals surface area contributed by atoms with E-state index in [4.69, 9.17) is 11.5 Å². The molecule has 0 aromatic heterocycles. The average molecular weight is 170 g/mol. The average Bonchev–Trinajstić information content (AvgIpc) is 1.85. The summed E-state index contributed by atoms with van der Waals surface area (Å²) in [5.74, 6) is -0.475. The Hall–Kier alpha value is -1.16.